The van der Waals surface area contributed by atoms with Crippen molar-refractivity contribution in [1.29, 1.82) is 0 Å². The van der Waals surface area contributed by atoms with E-state index in [0.29, 0.717) is 30.6 Å². The van der Waals surface area contributed by atoms with Gasteiger partial charge in [0.25, 0.3) is 0 Å². The van der Waals surface area contributed by atoms with E-state index >= 15 is 0 Å². The van der Waals surface area contributed by atoms with Crippen molar-refractivity contribution in [1.82, 2.24) is 5.32 Å². The van der Waals surface area contributed by atoms with Crippen LogP contribution >= 0.6 is 0 Å². The number of hydrogen-bond acceptors (Lipinski definition) is 3. The Morgan fingerprint density at radius 1 is 1.05 bits per heavy atom. The second kappa shape index (κ2) is 9.55. The van der Waals surface area contributed by atoms with Gasteiger partial charge < -0.3 is 15.7 Å². The Bertz CT molecular complexity index is 511. The Morgan fingerprint density at radius 3 is 2.27 bits per heavy atom. The molecule has 0 saturated carbocycles. The van der Waals surface area contributed by atoms with Crippen LogP contribution < -0.4 is 10.6 Å². The van der Waals surface area contributed by atoms with Gasteiger partial charge in [-0.15, -0.1) is 0 Å². The van der Waals surface area contributed by atoms with Gasteiger partial charge in [-0.3, -0.25) is 14.4 Å². The Morgan fingerprint density at radius 2 is 1.68 bits per heavy atom. The van der Waals surface area contributed by atoms with Crippen LogP contribution in [-0.2, 0) is 20.8 Å². The van der Waals surface area contributed by atoms with Crippen molar-refractivity contribution in [2.75, 3.05) is 11.9 Å². The topological polar surface area (TPSA) is 95.5 Å². The van der Waals surface area contributed by atoms with Gasteiger partial charge in [0.1, 0.15) is 0 Å². The number of amides is 2. The second-order valence-corrected chi connectivity index (χ2v) is 5.02. The van der Waals surface area contributed by atoms with E-state index in [2.05, 4.69) is 10.6 Å². The normalized spacial score (nSPS) is 10.0. The van der Waals surface area contributed by atoms with Crippen molar-refractivity contribution in [3.8, 4) is 0 Å². The summed E-state index contributed by atoms with van der Waals surface area (Å²) in [5, 5.41) is 14.2. The first-order valence-corrected chi connectivity index (χ1v) is 7.38. The van der Waals surface area contributed by atoms with Gasteiger partial charge in [-0.05, 0) is 30.5 Å². The summed E-state index contributed by atoms with van der Waals surface area (Å²) in [6, 6.07) is 6.68. The molecule has 0 saturated heterocycles. The third kappa shape index (κ3) is 7.42. The zero-order chi connectivity index (χ0) is 16.4. The largest absolute Gasteiger partial charge is 0.481 e. The fraction of sp³-hybridized carbons (Fsp3) is 0.438. The number of carboxylic acid groups (broad SMARTS) is 1. The average Bonchev–Trinajstić information content (AvgIpc) is 2.46. The smallest absolute Gasteiger partial charge is 0.307 e. The molecule has 0 fully saturated rings. The molecular formula is C16H22N2O4. The predicted octanol–water partition coefficient (Wildman–Crippen LogP) is 1.95. The maximum absolute atomic E-state index is 11.7. The van der Waals surface area contributed by atoms with Gasteiger partial charge in [0, 0.05) is 25.1 Å². The van der Waals surface area contributed by atoms with Crippen LogP contribution in [-0.4, -0.2) is 29.4 Å². The number of benzene rings is 1. The monoisotopic (exact) mass is 306 g/mol. The molecule has 3 N–H and O–H groups in total. The molecule has 0 aliphatic rings. The van der Waals surface area contributed by atoms with E-state index in [1.165, 1.54) is 0 Å². The standard InChI is InChI=1S/C16H22N2O4/c1-2-10-17-14(19)4-3-5-15(20)18-13-8-6-12(7-9-13)11-16(21)22/h6-9H,2-5,10-11H2,1H3,(H,17,19)(H,18,20)(H,21,22). The highest BCUT2D eigenvalue weighted by Crippen LogP contribution is 2.11. The van der Waals surface area contributed by atoms with Crippen LogP contribution in [0.1, 0.15) is 38.2 Å². The first kappa shape index (κ1) is 17.7. The van der Waals surface area contributed by atoms with Gasteiger partial charge in [-0.2, -0.15) is 0 Å². The van der Waals surface area contributed by atoms with E-state index in [4.69, 9.17) is 5.11 Å². The van der Waals surface area contributed by atoms with Crippen molar-refractivity contribution in [2.45, 2.75) is 39.0 Å². The minimum absolute atomic E-state index is 0.0346. The lowest BCUT2D eigenvalue weighted by atomic mass is 10.1. The number of anilines is 1. The van der Waals surface area contributed by atoms with Crippen molar-refractivity contribution in [3.05, 3.63) is 29.8 Å². The number of carbonyl (C=O) groups is 3. The number of aliphatic carboxylic acids is 1. The lowest BCUT2D eigenvalue weighted by Gasteiger charge is -2.06. The summed E-state index contributed by atoms with van der Waals surface area (Å²) in [6.07, 6.45) is 1.96. The van der Waals surface area contributed by atoms with Crippen molar-refractivity contribution >= 4 is 23.5 Å². The summed E-state index contributed by atoms with van der Waals surface area (Å²) in [7, 11) is 0. The van der Waals surface area contributed by atoms with Crippen LogP contribution in [0.15, 0.2) is 24.3 Å². The molecule has 0 aliphatic carbocycles. The molecule has 0 spiro atoms. The lowest BCUT2D eigenvalue weighted by Crippen LogP contribution is -2.24. The molecule has 1 aromatic carbocycles. The Labute approximate surface area is 129 Å². The molecule has 0 atom stereocenters. The summed E-state index contributed by atoms with van der Waals surface area (Å²) in [6.45, 7) is 2.64. The van der Waals surface area contributed by atoms with Crippen LogP contribution in [0.5, 0.6) is 0 Å². The predicted molar refractivity (Wildman–Crippen MR) is 83.6 cm³/mol. The van der Waals surface area contributed by atoms with Crippen molar-refractivity contribution in [3.63, 3.8) is 0 Å². The molecule has 6 nitrogen and oxygen atoms in total. The zero-order valence-electron chi connectivity index (χ0n) is 12.7. The Hall–Kier alpha value is -2.37. The minimum atomic E-state index is -0.891. The van der Waals surface area contributed by atoms with Gasteiger partial charge in [0.2, 0.25) is 11.8 Å². The molecule has 2 amide bonds. The lowest BCUT2D eigenvalue weighted by molar-refractivity contribution is -0.136. The highest BCUT2D eigenvalue weighted by molar-refractivity contribution is 5.91. The number of hydrogen-bond donors (Lipinski definition) is 3. The third-order valence-electron chi connectivity index (χ3n) is 2.97. The van der Waals surface area contributed by atoms with Gasteiger partial charge >= 0.3 is 5.97 Å². The van der Waals surface area contributed by atoms with E-state index in [1.54, 1.807) is 24.3 Å². The highest BCUT2D eigenvalue weighted by Gasteiger charge is 2.06. The SMILES string of the molecule is CCCNC(=O)CCCC(=O)Nc1ccc(CC(=O)O)cc1. The zero-order valence-corrected chi connectivity index (χ0v) is 12.7. The second-order valence-electron chi connectivity index (χ2n) is 5.02. The fourth-order valence-electron chi connectivity index (χ4n) is 1.87. The molecule has 22 heavy (non-hydrogen) atoms. The molecule has 1 aromatic rings. The maximum atomic E-state index is 11.7. The van der Waals surface area contributed by atoms with Crippen LogP contribution in [0.3, 0.4) is 0 Å². The molecule has 1 rings (SSSR count). The van der Waals surface area contributed by atoms with E-state index in [1.807, 2.05) is 6.92 Å². The van der Waals surface area contributed by atoms with Crippen LogP contribution in [0.2, 0.25) is 0 Å². The molecule has 120 valence electrons. The fourth-order valence-corrected chi connectivity index (χ4v) is 1.87. The molecule has 6 heteroatoms. The average molecular weight is 306 g/mol. The number of nitrogens with one attached hydrogen (secondary N) is 2. The van der Waals surface area contributed by atoms with Crippen molar-refractivity contribution < 1.29 is 19.5 Å². The molecule has 0 aliphatic heterocycles. The summed E-state index contributed by atoms with van der Waals surface area (Å²) in [5.41, 5.74) is 1.30. The van der Waals surface area contributed by atoms with Crippen LogP contribution in [0.4, 0.5) is 5.69 Å². The number of carboxylic acids is 1. The molecule has 0 heterocycles. The van der Waals surface area contributed by atoms with E-state index in [-0.39, 0.29) is 24.7 Å². The third-order valence-corrected chi connectivity index (χ3v) is 2.97. The molecule has 0 bridgehead atoms. The van der Waals surface area contributed by atoms with Gasteiger partial charge in [0.05, 0.1) is 6.42 Å². The number of carbonyl (C=O) groups excluding carboxylic acids is 2. The van der Waals surface area contributed by atoms with E-state index < -0.39 is 5.97 Å². The van der Waals surface area contributed by atoms with Gasteiger partial charge in [-0.1, -0.05) is 19.1 Å². The van der Waals surface area contributed by atoms with E-state index in [9.17, 15) is 14.4 Å². The number of rotatable bonds is 9. The molecule has 0 aromatic heterocycles. The maximum Gasteiger partial charge on any atom is 0.307 e. The van der Waals surface area contributed by atoms with Gasteiger partial charge in [0.15, 0.2) is 0 Å². The van der Waals surface area contributed by atoms with E-state index in [0.717, 1.165) is 6.42 Å². The van der Waals surface area contributed by atoms with Crippen molar-refractivity contribution in [2.24, 2.45) is 0 Å². The minimum Gasteiger partial charge on any atom is -0.481 e. The molecule has 0 radical (unpaired) electrons. The Kier molecular flexibility index (Phi) is 7.67. The highest BCUT2D eigenvalue weighted by atomic mass is 16.4. The quantitative estimate of drug-likeness (QED) is 0.650. The first-order valence-electron chi connectivity index (χ1n) is 7.38. The molecule has 0 unspecified atom stereocenters. The summed E-state index contributed by atoms with van der Waals surface area (Å²) >= 11 is 0. The summed E-state index contributed by atoms with van der Waals surface area (Å²) < 4.78 is 0. The van der Waals surface area contributed by atoms with Crippen LogP contribution in [0.25, 0.3) is 0 Å². The first-order chi connectivity index (χ1) is 10.5. The Balaban J connectivity index is 2.30. The molecular weight excluding hydrogens is 284 g/mol. The summed E-state index contributed by atoms with van der Waals surface area (Å²) in [4.78, 5) is 33.7. The summed E-state index contributed by atoms with van der Waals surface area (Å²) in [5.74, 6) is -1.08. The van der Waals surface area contributed by atoms with Crippen LogP contribution in [0, 0.1) is 0 Å². The van der Waals surface area contributed by atoms with Gasteiger partial charge in [-0.25, -0.2) is 0 Å².